The summed E-state index contributed by atoms with van der Waals surface area (Å²) in [6, 6.07) is 5.67. The summed E-state index contributed by atoms with van der Waals surface area (Å²) in [7, 11) is 0. The average molecular weight is 361 g/mol. The van der Waals surface area contributed by atoms with Gasteiger partial charge in [-0.15, -0.1) is 0 Å². The molecular weight excluding hydrogens is 345 g/mol. The van der Waals surface area contributed by atoms with Gasteiger partial charge >= 0.3 is 5.97 Å². The first-order valence-electron chi connectivity index (χ1n) is 5.73. The van der Waals surface area contributed by atoms with Crippen molar-refractivity contribution in [3.8, 4) is 0 Å². The fourth-order valence-corrected chi connectivity index (χ4v) is 2.56. The first-order chi connectivity index (χ1) is 8.47. The van der Waals surface area contributed by atoms with Crippen molar-refractivity contribution in [2.75, 3.05) is 13.1 Å². The molecule has 0 atom stereocenters. The number of amides is 1. The zero-order chi connectivity index (χ0) is 13.7. The Balaban J connectivity index is 2.93. The lowest BCUT2D eigenvalue weighted by molar-refractivity contribution is -0.137. The summed E-state index contributed by atoms with van der Waals surface area (Å²) < 4.78 is 0.895. The van der Waals surface area contributed by atoms with Crippen LogP contribution in [0.15, 0.2) is 18.2 Å². The molecule has 0 aromatic heterocycles. The number of nitrogens with zero attached hydrogens (tertiary/aromatic N) is 1. The Labute approximate surface area is 120 Å². The first kappa shape index (κ1) is 14.9. The highest BCUT2D eigenvalue weighted by molar-refractivity contribution is 14.1. The van der Waals surface area contributed by atoms with Crippen LogP contribution in [0.25, 0.3) is 0 Å². The monoisotopic (exact) mass is 361 g/mol. The van der Waals surface area contributed by atoms with Gasteiger partial charge in [0.1, 0.15) is 0 Å². The third-order valence-corrected chi connectivity index (χ3v) is 3.60. The van der Waals surface area contributed by atoms with Crippen molar-refractivity contribution in [3.05, 3.63) is 32.9 Å². The predicted molar refractivity (Wildman–Crippen MR) is 77.7 cm³/mol. The minimum absolute atomic E-state index is 0.0258. The maximum Gasteiger partial charge on any atom is 0.305 e. The summed E-state index contributed by atoms with van der Waals surface area (Å²) in [5.74, 6) is -0.984. The lowest BCUT2D eigenvalue weighted by Gasteiger charge is -2.21. The molecule has 0 aliphatic rings. The van der Waals surface area contributed by atoms with Gasteiger partial charge in [-0.2, -0.15) is 0 Å². The van der Waals surface area contributed by atoms with E-state index < -0.39 is 5.97 Å². The molecule has 0 saturated heterocycles. The maximum atomic E-state index is 12.4. The van der Waals surface area contributed by atoms with Crippen molar-refractivity contribution in [1.29, 1.82) is 0 Å². The van der Waals surface area contributed by atoms with Crippen molar-refractivity contribution in [2.24, 2.45) is 0 Å². The molecule has 0 spiro atoms. The summed E-state index contributed by atoms with van der Waals surface area (Å²) in [6.45, 7) is 4.50. The molecular formula is C13H16INO3. The van der Waals surface area contributed by atoms with Crippen LogP contribution < -0.4 is 0 Å². The highest BCUT2D eigenvalue weighted by Crippen LogP contribution is 2.18. The summed E-state index contributed by atoms with van der Waals surface area (Å²) in [4.78, 5) is 24.5. The number of rotatable bonds is 5. The normalized spacial score (nSPS) is 10.2. The van der Waals surface area contributed by atoms with E-state index in [0.29, 0.717) is 12.1 Å². The fraction of sp³-hybridized carbons (Fsp3) is 0.385. The molecule has 0 bridgehead atoms. The molecule has 4 nitrogen and oxygen atoms in total. The third kappa shape index (κ3) is 3.69. The molecule has 0 fully saturated rings. The van der Waals surface area contributed by atoms with Crippen molar-refractivity contribution in [3.63, 3.8) is 0 Å². The van der Waals surface area contributed by atoms with Gasteiger partial charge in [-0.1, -0.05) is 12.1 Å². The van der Waals surface area contributed by atoms with Gasteiger partial charge in [-0.25, -0.2) is 0 Å². The van der Waals surface area contributed by atoms with Gasteiger partial charge in [0, 0.05) is 16.7 Å². The van der Waals surface area contributed by atoms with Gasteiger partial charge < -0.3 is 10.0 Å². The highest BCUT2D eigenvalue weighted by atomic mass is 127. The van der Waals surface area contributed by atoms with Crippen LogP contribution >= 0.6 is 22.6 Å². The summed E-state index contributed by atoms with van der Waals surface area (Å²) >= 11 is 2.13. The summed E-state index contributed by atoms with van der Waals surface area (Å²) in [5.41, 5.74) is 1.59. The Hall–Kier alpha value is -1.11. The molecule has 1 aromatic carbocycles. The molecule has 1 rings (SSSR count). The molecule has 18 heavy (non-hydrogen) atoms. The number of aryl methyl sites for hydroxylation is 1. The minimum atomic E-state index is -0.888. The number of aliphatic carboxylic acids is 1. The Kier molecular flexibility index (Phi) is 5.58. The molecule has 98 valence electrons. The van der Waals surface area contributed by atoms with E-state index in [1.54, 1.807) is 4.90 Å². The number of carbonyl (C=O) groups excluding carboxylic acids is 1. The van der Waals surface area contributed by atoms with E-state index in [4.69, 9.17) is 5.11 Å². The van der Waals surface area contributed by atoms with Crippen LogP contribution in [0, 0.1) is 10.5 Å². The summed E-state index contributed by atoms with van der Waals surface area (Å²) in [5, 5.41) is 8.68. The Morgan fingerprint density at radius 2 is 2.06 bits per heavy atom. The number of benzene rings is 1. The van der Waals surface area contributed by atoms with E-state index in [1.807, 2.05) is 32.0 Å². The van der Waals surface area contributed by atoms with Gasteiger partial charge in [0.15, 0.2) is 0 Å². The SMILES string of the molecule is CCN(CCC(=O)O)C(=O)c1c(C)cccc1I. The van der Waals surface area contributed by atoms with Crippen LogP contribution in [-0.4, -0.2) is 35.0 Å². The second-order valence-corrected chi connectivity index (χ2v) is 5.12. The molecule has 0 radical (unpaired) electrons. The third-order valence-electron chi connectivity index (χ3n) is 2.70. The van der Waals surface area contributed by atoms with E-state index in [0.717, 1.165) is 9.13 Å². The molecule has 0 heterocycles. The van der Waals surface area contributed by atoms with Gasteiger partial charge in [0.2, 0.25) is 0 Å². The van der Waals surface area contributed by atoms with Gasteiger partial charge in [-0.05, 0) is 48.1 Å². The van der Waals surface area contributed by atoms with Crippen LogP contribution in [0.5, 0.6) is 0 Å². The number of hydrogen-bond donors (Lipinski definition) is 1. The van der Waals surface area contributed by atoms with Crippen molar-refractivity contribution < 1.29 is 14.7 Å². The molecule has 0 unspecified atom stereocenters. The lowest BCUT2D eigenvalue weighted by atomic mass is 10.1. The lowest BCUT2D eigenvalue weighted by Crippen LogP contribution is -2.33. The standard InChI is InChI=1S/C13H16INO3/c1-3-15(8-7-11(16)17)13(18)12-9(2)5-4-6-10(12)14/h4-6H,3,7-8H2,1-2H3,(H,16,17). The van der Waals surface area contributed by atoms with Crippen LogP contribution in [0.2, 0.25) is 0 Å². The average Bonchev–Trinajstić information content (AvgIpc) is 2.29. The number of carboxylic acids is 1. The number of carboxylic acid groups (broad SMARTS) is 1. The molecule has 5 heteroatoms. The van der Waals surface area contributed by atoms with Crippen LogP contribution in [-0.2, 0) is 4.79 Å². The number of carbonyl (C=O) groups is 2. The number of hydrogen-bond acceptors (Lipinski definition) is 2. The Morgan fingerprint density at radius 3 is 2.56 bits per heavy atom. The Bertz CT molecular complexity index is 439. The minimum Gasteiger partial charge on any atom is -0.481 e. The summed E-state index contributed by atoms with van der Waals surface area (Å²) in [6.07, 6.45) is -0.0258. The van der Waals surface area contributed by atoms with Gasteiger partial charge in [-0.3, -0.25) is 9.59 Å². The highest BCUT2D eigenvalue weighted by Gasteiger charge is 2.19. The van der Waals surface area contributed by atoms with E-state index in [9.17, 15) is 9.59 Å². The molecule has 0 aliphatic carbocycles. The van der Waals surface area contributed by atoms with Crippen LogP contribution in [0.1, 0.15) is 29.3 Å². The first-order valence-corrected chi connectivity index (χ1v) is 6.81. The van der Waals surface area contributed by atoms with Gasteiger partial charge in [0.25, 0.3) is 5.91 Å². The van der Waals surface area contributed by atoms with E-state index in [2.05, 4.69) is 22.6 Å². The van der Waals surface area contributed by atoms with Crippen molar-refractivity contribution >= 4 is 34.5 Å². The Morgan fingerprint density at radius 1 is 1.39 bits per heavy atom. The molecule has 1 N–H and O–H groups in total. The fourth-order valence-electron chi connectivity index (χ4n) is 1.69. The maximum absolute atomic E-state index is 12.4. The molecule has 0 aliphatic heterocycles. The van der Waals surface area contributed by atoms with Crippen molar-refractivity contribution in [1.82, 2.24) is 4.90 Å². The zero-order valence-electron chi connectivity index (χ0n) is 10.4. The largest absolute Gasteiger partial charge is 0.481 e. The second-order valence-electron chi connectivity index (χ2n) is 3.96. The van der Waals surface area contributed by atoms with E-state index in [1.165, 1.54) is 0 Å². The van der Waals surface area contributed by atoms with Crippen LogP contribution in [0.3, 0.4) is 0 Å². The second kappa shape index (κ2) is 6.72. The van der Waals surface area contributed by atoms with Gasteiger partial charge in [0.05, 0.1) is 12.0 Å². The molecule has 1 aromatic rings. The predicted octanol–water partition coefficient (Wildman–Crippen LogP) is 2.54. The topological polar surface area (TPSA) is 57.6 Å². The van der Waals surface area contributed by atoms with E-state index in [-0.39, 0.29) is 18.9 Å². The molecule has 0 saturated carbocycles. The number of halogens is 1. The van der Waals surface area contributed by atoms with E-state index >= 15 is 0 Å². The zero-order valence-corrected chi connectivity index (χ0v) is 12.6. The molecule has 1 amide bonds. The quantitative estimate of drug-likeness (QED) is 0.820. The smallest absolute Gasteiger partial charge is 0.305 e. The van der Waals surface area contributed by atoms with Crippen molar-refractivity contribution in [2.45, 2.75) is 20.3 Å². The van der Waals surface area contributed by atoms with Crippen LogP contribution in [0.4, 0.5) is 0 Å².